The fourth-order valence-corrected chi connectivity index (χ4v) is 1.39. The average Bonchev–Trinajstić information content (AvgIpc) is 2.36. The van der Waals surface area contributed by atoms with Crippen molar-refractivity contribution in [3.05, 3.63) is 42.0 Å². The SMILES string of the molecule is C=C(C)COc1ccccc1C(O)C(=O)OCC. The highest BCUT2D eigenvalue weighted by Gasteiger charge is 2.22. The smallest absolute Gasteiger partial charge is 0.339 e. The summed E-state index contributed by atoms with van der Waals surface area (Å²) >= 11 is 0. The number of benzene rings is 1. The van der Waals surface area contributed by atoms with Gasteiger partial charge in [0.2, 0.25) is 0 Å². The van der Waals surface area contributed by atoms with Crippen LogP contribution in [-0.2, 0) is 9.53 Å². The van der Waals surface area contributed by atoms with Crippen molar-refractivity contribution < 1.29 is 19.4 Å². The van der Waals surface area contributed by atoms with Crippen LogP contribution in [0.2, 0.25) is 0 Å². The Labute approximate surface area is 107 Å². The predicted molar refractivity (Wildman–Crippen MR) is 68.3 cm³/mol. The van der Waals surface area contributed by atoms with Gasteiger partial charge in [-0.3, -0.25) is 0 Å². The first-order valence-corrected chi connectivity index (χ1v) is 5.77. The van der Waals surface area contributed by atoms with Gasteiger partial charge in [0, 0.05) is 5.56 Å². The van der Waals surface area contributed by atoms with Gasteiger partial charge in [0.05, 0.1) is 6.61 Å². The monoisotopic (exact) mass is 250 g/mol. The molecule has 1 N–H and O–H groups in total. The molecule has 0 bridgehead atoms. The van der Waals surface area contributed by atoms with E-state index in [0.29, 0.717) is 17.9 Å². The van der Waals surface area contributed by atoms with E-state index in [1.807, 2.05) is 6.92 Å². The first-order valence-electron chi connectivity index (χ1n) is 5.77. The summed E-state index contributed by atoms with van der Waals surface area (Å²) in [6, 6.07) is 6.83. The molecular formula is C14H18O4. The molecule has 18 heavy (non-hydrogen) atoms. The van der Waals surface area contributed by atoms with E-state index in [0.717, 1.165) is 5.57 Å². The quantitative estimate of drug-likeness (QED) is 0.621. The van der Waals surface area contributed by atoms with Gasteiger partial charge in [0.25, 0.3) is 0 Å². The molecule has 0 fully saturated rings. The Morgan fingerprint density at radius 2 is 2.11 bits per heavy atom. The number of aliphatic hydroxyl groups excluding tert-OH is 1. The van der Waals surface area contributed by atoms with Gasteiger partial charge in [-0.1, -0.05) is 24.8 Å². The average molecular weight is 250 g/mol. The van der Waals surface area contributed by atoms with E-state index in [2.05, 4.69) is 6.58 Å². The second-order valence-electron chi connectivity index (χ2n) is 3.94. The molecule has 0 spiro atoms. The summed E-state index contributed by atoms with van der Waals surface area (Å²) in [4.78, 5) is 11.5. The summed E-state index contributed by atoms with van der Waals surface area (Å²) in [7, 11) is 0. The van der Waals surface area contributed by atoms with Crippen LogP contribution in [0.15, 0.2) is 36.4 Å². The van der Waals surface area contributed by atoms with E-state index in [9.17, 15) is 9.90 Å². The van der Waals surface area contributed by atoms with Crippen LogP contribution < -0.4 is 4.74 Å². The largest absolute Gasteiger partial charge is 0.489 e. The molecule has 1 rings (SSSR count). The van der Waals surface area contributed by atoms with Gasteiger partial charge in [-0.05, 0) is 25.5 Å². The third-order valence-electron chi connectivity index (χ3n) is 2.20. The molecule has 1 aromatic rings. The molecule has 1 aromatic carbocycles. The second-order valence-corrected chi connectivity index (χ2v) is 3.94. The molecule has 1 unspecified atom stereocenters. The maximum atomic E-state index is 11.5. The van der Waals surface area contributed by atoms with Gasteiger partial charge >= 0.3 is 5.97 Å². The number of ether oxygens (including phenoxy) is 2. The lowest BCUT2D eigenvalue weighted by Gasteiger charge is -2.15. The highest BCUT2D eigenvalue weighted by Crippen LogP contribution is 2.26. The minimum Gasteiger partial charge on any atom is -0.489 e. The maximum absolute atomic E-state index is 11.5. The van der Waals surface area contributed by atoms with Crippen LogP contribution in [0, 0.1) is 0 Å². The molecule has 0 aliphatic rings. The summed E-state index contributed by atoms with van der Waals surface area (Å²) in [5, 5.41) is 9.89. The van der Waals surface area contributed by atoms with Gasteiger partial charge in [0.15, 0.2) is 6.10 Å². The van der Waals surface area contributed by atoms with Gasteiger partial charge in [0.1, 0.15) is 12.4 Å². The lowest BCUT2D eigenvalue weighted by atomic mass is 10.1. The van der Waals surface area contributed by atoms with Crippen LogP contribution in [0.5, 0.6) is 5.75 Å². The van der Waals surface area contributed by atoms with Crippen LogP contribution in [0.4, 0.5) is 0 Å². The highest BCUT2D eigenvalue weighted by atomic mass is 16.5. The molecule has 0 aliphatic heterocycles. The summed E-state index contributed by atoms with van der Waals surface area (Å²) in [5.74, 6) is -0.218. The number of para-hydroxylation sites is 1. The van der Waals surface area contributed by atoms with E-state index >= 15 is 0 Å². The molecule has 4 heteroatoms. The summed E-state index contributed by atoms with van der Waals surface area (Å²) in [6.45, 7) is 7.82. The Kier molecular flexibility index (Phi) is 5.39. The molecule has 0 aromatic heterocycles. The zero-order valence-electron chi connectivity index (χ0n) is 10.7. The first kappa shape index (κ1) is 14.3. The lowest BCUT2D eigenvalue weighted by Crippen LogP contribution is -2.16. The highest BCUT2D eigenvalue weighted by molar-refractivity contribution is 5.77. The number of esters is 1. The van der Waals surface area contributed by atoms with Gasteiger partial charge in [-0.2, -0.15) is 0 Å². The van der Waals surface area contributed by atoms with Crippen LogP contribution in [-0.4, -0.2) is 24.3 Å². The van der Waals surface area contributed by atoms with Crippen LogP contribution in [0.3, 0.4) is 0 Å². The van der Waals surface area contributed by atoms with Crippen molar-refractivity contribution in [1.82, 2.24) is 0 Å². The number of rotatable bonds is 6. The summed E-state index contributed by atoms with van der Waals surface area (Å²) < 4.78 is 10.3. The number of carbonyl (C=O) groups excluding carboxylic acids is 1. The minimum absolute atomic E-state index is 0.227. The Balaban J connectivity index is 2.86. The van der Waals surface area contributed by atoms with E-state index in [1.165, 1.54) is 0 Å². The molecule has 0 aliphatic carbocycles. The third-order valence-corrected chi connectivity index (χ3v) is 2.20. The van der Waals surface area contributed by atoms with Crippen molar-refractivity contribution in [2.75, 3.05) is 13.2 Å². The summed E-state index contributed by atoms with van der Waals surface area (Å²) in [5.41, 5.74) is 1.26. The van der Waals surface area contributed by atoms with Crippen molar-refractivity contribution in [2.45, 2.75) is 20.0 Å². The zero-order valence-corrected chi connectivity index (χ0v) is 10.7. The predicted octanol–water partition coefficient (Wildman–Crippen LogP) is 2.24. The lowest BCUT2D eigenvalue weighted by molar-refractivity contribution is -0.153. The van der Waals surface area contributed by atoms with Crippen LogP contribution >= 0.6 is 0 Å². The number of aliphatic hydroxyl groups is 1. The number of carbonyl (C=O) groups is 1. The second kappa shape index (κ2) is 6.81. The molecule has 0 radical (unpaired) electrons. The topological polar surface area (TPSA) is 55.8 Å². The standard InChI is InChI=1S/C14H18O4/c1-4-17-14(16)13(15)11-7-5-6-8-12(11)18-9-10(2)3/h5-8,13,15H,2,4,9H2,1,3H3. The molecular weight excluding hydrogens is 232 g/mol. The van der Waals surface area contributed by atoms with Gasteiger partial charge in [-0.15, -0.1) is 0 Å². The van der Waals surface area contributed by atoms with E-state index in [4.69, 9.17) is 9.47 Å². The third kappa shape index (κ3) is 3.89. The number of hydrogen-bond donors (Lipinski definition) is 1. The van der Waals surface area contributed by atoms with Gasteiger partial charge < -0.3 is 14.6 Å². The van der Waals surface area contributed by atoms with Gasteiger partial charge in [-0.25, -0.2) is 4.79 Å². The normalized spacial score (nSPS) is 11.7. The molecule has 0 saturated carbocycles. The van der Waals surface area contributed by atoms with Crippen LogP contribution in [0.1, 0.15) is 25.5 Å². The van der Waals surface area contributed by atoms with E-state index in [-0.39, 0.29) is 6.61 Å². The Morgan fingerprint density at radius 3 is 2.72 bits per heavy atom. The van der Waals surface area contributed by atoms with Crippen molar-refractivity contribution in [2.24, 2.45) is 0 Å². The minimum atomic E-state index is -1.33. The Bertz CT molecular complexity index is 426. The van der Waals surface area contributed by atoms with Crippen molar-refractivity contribution in [3.63, 3.8) is 0 Å². The van der Waals surface area contributed by atoms with Crippen molar-refractivity contribution >= 4 is 5.97 Å². The molecule has 0 saturated heterocycles. The van der Waals surface area contributed by atoms with Crippen molar-refractivity contribution in [1.29, 1.82) is 0 Å². The van der Waals surface area contributed by atoms with E-state index in [1.54, 1.807) is 31.2 Å². The fraction of sp³-hybridized carbons (Fsp3) is 0.357. The Morgan fingerprint density at radius 1 is 1.44 bits per heavy atom. The summed E-state index contributed by atoms with van der Waals surface area (Å²) in [6.07, 6.45) is -1.33. The fourth-order valence-electron chi connectivity index (χ4n) is 1.39. The van der Waals surface area contributed by atoms with Crippen molar-refractivity contribution in [3.8, 4) is 5.75 Å². The molecule has 98 valence electrons. The molecule has 1 atom stereocenters. The number of hydrogen-bond acceptors (Lipinski definition) is 4. The zero-order chi connectivity index (χ0) is 13.5. The molecule has 0 heterocycles. The maximum Gasteiger partial charge on any atom is 0.339 e. The van der Waals surface area contributed by atoms with E-state index < -0.39 is 12.1 Å². The molecule has 4 nitrogen and oxygen atoms in total. The Hall–Kier alpha value is -1.81. The van der Waals surface area contributed by atoms with Crippen LogP contribution in [0.25, 0.3) is 0 Å². The first-order chi connectivity index (χ1) is 8.56. The molecule has 0 amide bonds.